The van der Waals surface area contributed by atoms with Crippen molar-refractivity contribution in [3.05, 3.63) is 45.8 Å². The van der Waals surface area contributed by atoms with Crippen molar-refractivity contribution in [3.63, 3.8) is 0 Å². The Hall–Kier alpha value is -3.00. The number of nitrogens with zero attached hydrogens (tertiary/aromatic N) is 1. The molecule has 1 unspecified atom stereocenters. The summed E-state index contributed by atoms with van der Waals surface area (Å²) in [7, 11) is 0. The van der Waals surface area contributed by atoms with E-state index in [1.807, 2.05) is 46.4 Å². The van der Waals surface area contributed by atoms with Crippen LogP contribution in [0.3, 0.4) is 0 Å². The van der Waals surface area contributed by atoms with Crippen LogP contribution in [-0.2, 0) is 26.2 Å². The van der Waals surface area contributed by atoms with Crippen LogP contribution in [0.15, 0.2) is 34.7 Å². The molecule has 6 N–H and O–H groups in total. The maximum absolute atomic E-state index is 13.3. The maximum Gasteiger partial charge on any atom is 0.334 e. The molecular weight excluding hydrogens is 590 g/mol. The van der Waals surface area contributed by atoms with Crippen molar-refractivity contribution in [3.8, 4) is 0 Å². The van der Waals surface area contributed by atoms with Crippen molar-refractivity contribution in [1.29, 1.82) is 0 Å². The molecule has 266 valence electrons. The number of carboxylic acids is 2. The summed E-state index contributed by atoms with van der Waals surface area (Å²) in [4.78, 5) is 28.4. The molecule has 0 aliphatic carbocycles. The first-order valence-electron chi connectivity index (χ1n) is 18.1. The fourth-order valence-electron chi connectivity index (χ4n) is 7.93. The third-order valence-corrected chi connectivity index (χ3v) is 9.80. The van der Waals surface area contributed by atoms with Gasteiger partial charge in [-0.1, -0.05) is 91.4 Å². The molecule has 0 radical (unpaired) electrons. The number of anilines is 2. The van der Waals surface area contributed by atoms with E-state index in [1.54, 1.807) is 26.0 Å². The molecule has 0 bridgehead atoms. The van der Waals surface area contributed by atoms with Gasteiger partial charge in [0, 0.05) is 35.2 Å². The molecule has 1 atom stereocenters. The Morgan fingerprint density at radius 2 is 1.26 bits per heavy atom. The van der Waals surface area contributed by atoms with E-state index in [1.165, 1.54) is 57.8 Å². The molecule has 0 saturated heterocycles. The van der Waals surface area contributed by atoms with Crippen molar-refractivity contribution in [1.82, 2.24) is 4.90 Å². The van der Waals surface area contributed by atoms with E-state index in [9.17, 15) is 19.8 Å². The van der Waals surface area contributed by atoms with Gasteiger partial charge in [-0.25, -0.2) is 9.59 Å². The molecule has 0 fully saturated rings. The number of unbranched alkanes of at least 4 members (excludes halogenated alkanes) is 10. The molecule has 2 rings (SSSR count). The topological polar surface area (TPSA) is 139 Å². The second-order valence-corrected chi connectivity index (χ2v) is 14.4. The average Bonchev–Trinajstić information content (AvgIpc) is 2.95. The molecule has 1 aliphatic heterocycles. The van der Waals surface area contributed by atoms with Gasteiger partial charge in [-0.3, -0.25) is 0 Å². The minimum Gasteiger partial charge on any atom is -0.478 e. The van der Waals surface area contributed by atoms with Crippen LogP contribution in [0.25, 0.3) is 0 Å². The largest absolute Gasteiger partial charge is 0.478 e. The summed E-state index contributed by atoms with van der Waals surface area (Å²) < 4.78 is 6.45. The van der Waals surface area contributed by atoms with Crippen LogP contribution in [0.1, 0.15) is 150 Å². The van der Waals surface area contributed by atoms with Gasteiger partial charge < -0.3 is 31.3 Å². The minimum atomic E-state index is -1.50. The molecule has 1 aromatic rings. The van der Waals surface area contributed by atoms with Crippen molar-refractivity contribution < 1.29 is 24.5 Å². The van der Waals surface area contributed by atoms with E-state index in [-0.39, 0.29) is 29.4 Å². The van der Waals surface area contributed by atoms with E-state index < -0.39 is 23.3 Å². The summed E-state index contributed by atoms with van der Waals surface area (Å²) in [5.74, 6) is -2.76. The second kappa shape index (κ2) is 18.5. The molecule has 47 heavy (non-hydrogen) atoms. The quantitative estimate of drug-likeness (QED) is 0.0759. The van der Waals surface area contributed by atoms with Crippen molar-refractivity contribution in [2.45, 2.75) is 169 Å². The number of hydrogen-bond donors (Lipinski definition) is 4. The van der Waals surface area contributed by atoms with Gasteiger partial charge in [0.1, 0.15) is 0 Å². The molecule has 0 saturated carbocycles. The molecule has 0 spiro atoms. The number of allylic oxidation sites excluding steroid dienone is 2. The van der Waals surface area contributed by atoms with Gasteiger partial charge in [0.2, 0.25) is 0 Å². The zero-order valence-electron chi connectivity index (χ0n) is 30.9. The Morgan fingerprint density at radius 3 is 1.66 bits per heavy atom. The second-order valence-electron chi connectivity index (χ2n) is 14.4. The Bertz CT molecular complexity index is 1230. The van der Waals surface area contributed by atoms with Crippen LogP contribution in [-0.4, -0.2) is 45.3 Å². The fraction of sp³-hybridized carbons (Fsp3) is 0.692. The lowest BCUT2D eigenvalue weighted by molar-refractivity contribution is -0.135. The first-order valence-corrected chi connectivity index (χ1v) is 18.1. The summed E-state index contributed by atoms with van der Waals surface area (Å²) >= 11 is 0. The zero-order valence-corrected chi connectivity index (χ0v) is 30.9. The maximum atomic E-state index is 13.3. The van der Waals surface area contributed by atoms with Crippen LogP contribution in [0.2, 0.25) is 0 Å². The summed E-state index contributed by atoms with van der Waals surface area (Å²) in [6.45, 7) is 17.5. The number of nitrogens with two attached hydrogens (primary N) is 2. The van der Waals surface area contributed by atoms with E-state index in [0.717, 1.165) is 19.3 Å². The van der Waals surface area contributed by atoms with Crippen molar-refractivity contribution in [2.24, 2.45) is 5.92 Å². The van der Waals surface area contributed by atoms with Crippen molar-refractivity contribution in [2.75, 3.05) is 11.5 Å². The monoisotopic (exact) mass is 655 g/mol. The molecule has 0 aromatic heterocycles. The predicted molar refractivity (Wildman–Crippen MR) is 194 cm³/mol. The summed E-state index contributed by atoms with van der Waals surface area (Å²) in [5.41, 5.74) is 14.8. The molecule has 8 nitrogen and oxygen atoms in total. The van der Waals surface area contributed by atoms with E-state index in [2.05, 4.69) is 6.92 Å². The Kier molecular flexibility index (Phi) is 15.8. The number of carbonyl (C=O) groups is 2. The van der Waals surface area contributed by atoms with Gasteiger partial charge in [0.05, 0.1) is 28.8 Å². The van der Waals surface area contributed by atoms with E-state index in [4.69, 9.17) is 16.2 Å². The number of rotatable bonds is 21. The summed E-state index contributed by atoms with van der Waals surface area (Å²) in [5, 5.41) is 21.7. The number of hydrogen-bond acceptors (Lipinski definition) is 6. The highest BCUT2D eigenvalue weighted by atomic mass is 16.5. The smallest absolute Gasteiger partial charge is 0.334 e. The first-order chi connectivity index (χ1) is 22.1. The average molecular weight is 656 g/mol. The van der Waals surface area contributed by atoms with Gasteiger partial charge in [0.25, 0.3) is 0 Å². The lowest BCUT2D eigenvalue weighted by Crippen LogP contribution is -2.50. The SMILES string of the molecule is CCCCCCCCCCCCCC(Cc1c(N)cc(N)cc1C1(C(C)C)C(C(=O)O)=C(C)N(C(C)C)C(C)=C1C(=O)O)OC(C)C. The zero-order chi connectivity index (χ0) is 35.5. The highest BCUT2D eigenvalue weighted by molar-refractivity contribution is 6.01. The van der Waals surface area contributed by atoms with E-state index >= 15 is 0 Å². The lowest BCUT2D eigenvalue weighted by Gasteiger charge is -2.49. The van der Waals surface area contributed by atoms with Crippen LogP contribution < -0.4 is 11.5 Å². The van der Waals surface area contributed by atoms with Gasteiger partial charge >= 0.3 is 11.9 Å². The third kappa shape index (κ3) is 9.77. The molecule has 1 aliphatic rings. The molecule has 1 aromatic carbocycles. The number of nitrogen functional groups attached to an aromatic ring is 2. The predicted octanol–water partition coefficient (Wildman–Crippen LogP) is 9.22. The van der Waals surface area contributed by atoms with E-state index in [0.29, 0.717) is 40.3 Å². The standard InChI is InChI=1S/C39H65N3O5/c1-10-11-12-13-14-15-16-17-18-19-20-21-31(47-27(6)7)24-32-33(22-30(40)23-34(32)41)39(25(2)3)35(37(43)44)28(8)42(26(4)5)29(9)36(39)38(45)46/h22-23,25-27,31H,10-21,24,40-41H2,1-9H3,(H,43,44)(H,45,46). The Labute approximate surface area is 285 Å². The number of aliphatic carboxylic acids is 2. The number of carboxylic acid groups (broad SMARTS) is 2. The first kappa shape index (κ1) is 40.2. The van der Waals surface area contributed by atoms with Crippen LogP contribution in [0, 0.1) is 5.92 Å². The Morgan fingerprint density at radius 1 is 0.787 bits per heavy atom. The van der Waals surface area contributed by atoms with Gasteiger partial charge in [0.15, 0.2) is 0 Å². The fourth-order valence-corrected chi connectivity index (χ4v) is 7.93. The van der Waals surface area contributed by atoms with Crippen molar-refractivity contribution >= 4 is 23.3 Å². The van der Waals surface area contributed by atoms with Gasteiger partial charge in [-0.2, -0.15) is 0 Å². The lowest BCUT2D eigenvalue weighted by atomic mass is 9.58. The van der Waals surface area contributed by atoms with Gasteiger partial charge in [-0.05, 0) is 77.1 Å². The number of ether oxygens (including phenoxy) is 1. The molecule has 1 heterocycles. The van der Waals surface area contributed by atoms with Crippen LogP contribution in [0.4, 0.5) is 11.4 Å². The molecular formula is C39H65N3O5. The molecule has 0 amide bonds. The summed E-state index contributed by atoms with van der Waals surface area (Å²) in [6.07, 6.45) is 14.9. The molecule has 8 heteroatoms. The van der Waals surface area contributed by atoms with Crippen LogP contribution in [0.5, 0.6) is 0 Å². The van der Waals surface area contributed by atoms with Crippen LogP contribution >= 0.6 is 0 Å². The normalized spacial score (nSPS) is 15.8. The highest BCUT2D eigenvalue weighted by Crippen LogP contribution is 2.54. The number of benzene rings is 1. The highest BCUT2D eigenvalue weighted by Gasteiger charge is 2.55. The third-order valence-electron chi connectivity index (χ3n) is 9.80. The summed E-state index contributed by atoms with van der Waals surface area (Å²) in [6, 6.07) is 3.29. The minimum absolute atomic E-state index is 0.0204. The van der Waals surface area contributed by atoms with Gasteiger partial charge in [-0.15, -0.1) is 0 Å². The Balaban J connectivity index is 2.53.